The molecule has 0 saturated heterocycles. The number of rotatable bonds is 7. The van der Waals surface area contributed by atoms with E-state index in [1.807, 2.05) is 6.92 Å². The van der Waals surface area contributed by atoms with Gasteiger partial charge in [0.05, 0.1) is 11.1 Å². The van der Waals surface area contributed by atoms with Crippen LogP contribution in [-0.2, 0) is 25.8 Å². The van der Waals surface area contributed by atoms with E-state index in [0.29, 0.717) is 12.5 Å². The summed E-state index contributed by atoms with van der Waals surface area (Å²) < 4.78 is 0. The number of aromatic nitrogens is 4. The van der Waals surface area contributed by atoms with Crippen molar-refractivity contribution in [3.63, 3.8) is 0 Å². The Morgan fingerprint density at radius 2 is 1.96 bits per heavy atom. The zero-order chi connectivity index (χ0) is 19.6. The van der Waals surface area contributed by atoms with Crippen LogP contribution in [0.5, 0.6) is 0 Å². The summed E-state index contributed by atoms with van der Waals surface area (Å²) in [6.07, 6.45) is 2.57. The van der Waals surface area contributed by atoms with E-state index in [4.69, 9.17) is 0 Å². The largest absolute Gasteiger partial charge is 0.365 e. The molecule has 6 nitrogen and oxygen atoms in total. The summed E-state index contributed by atoms with van der Waals surface area (Å²) in [4.78, 5) is 22.6. The van der Waals surface area contributed by atoms with Gasteiger partial charge in [0.15, 0.2) is 0 Å². The predicted molar refractivity (Wildman–Crippen MR) is 112 cm³/mol. The van der Waals surface area contributed by atoms with Gasteiger partial charge >= 0.3 is 0 Å². The second-order valence-corrected chi connectivity index (χ2v) is 8.03. The van der Waals surface area contributed by atoms with E-state index in [9.17, 15) is 4.79 Å². The second-order valence-electron chi connectivity index (χ2n) is 7.18. The molecule has 3 aromatic heterocycles. The number of anilines is 1. The van der Waals surface area contributed by atoms with Crippen LogP contribution in [0, 0.1) is 12.8 Å². The van der Waals surface area contributed by atoms with Crippen LogP contribution >= 0.6 is 11.3 Å². The Kier molecular flexibility index (Phi) is 5.89. The van der Waals surface area contributed by atoms with Gasteiger partial charge in [-0.15, -0.1) is 11.3 Å². The van der Waals surface area contributed by atoms with E-state index in [-0.39, 0.29) is 5.56 Å². The standard InChI is InChI=1S/C20H27N5OS/c1-6-14-15(19(26)25-24-16(14)7-2)9-21-18-17-13(8-11(3)4)10-27-20(17)23-12(5)22-18/h10-11H,6-9H2,1-5H3,(H,25,26)(H,21,22,23). The summed E-state index contributed by atoms with van der Waals surface area (Å²) in [5.41, 5.74) is 3.86. The Balaban J connectivity index is 2.01. The van der Waals surface area contributed by atoms with E-state index in [0.717, 1.165) is 57.9 Å². The molecule has 0 bridgehead atoms. The Morgan fingerprint density at radius 1 is 1.19 bits per heavy atom. The van der Waals surface area contributed by atoms with Crippen LogP contribution in [0.15, 0.2) is 10.2 Å². The summed E-state index contributed by atoms with van der Waals surface area (Å²) in [7, 11) is 0. The van der Waals surface area contributed by atoms with Gasteiger partial charge in [0.2, 0.25) is 0 Å². The number of aryl methyl sites for hydroxylation is 2. The van der Waals surface area contributed by atoms with Gasteiger partial charge < -0.3 is 5.32 Å². The molecule has 0 aliphatic carbocycles. The van der Waals surface area contributed by atoms with Crippen molar-refractivity contribution in [2.75, 3.05) is 5.32 Å². The van der Waals surface area contributed by atoms with Crippen molar-refractivity contribution < 1.29 is 0 Å². The fraction of sp³-hybridized carbons (Fsp3) is 0.500. The summed E-state index contributed by atoms with van der Waals surface area (Å²) in [6.45, 7) is 10.9. The summed E-state index contributed by atoms with van der Waals surface area (Å²) in [5, 5.41) is 13.5. The smallest absolute Gasteiger partial charge is 0.269 e. The van der Waals surface area contributed by atoms with E-state index in [1.165, 1.54) is 5.56 Å². The van der Waals surface area contributed by atoms with Gasteiger partial charge in [-0.05, 0) is 48.6 Å². The molecule has 3 heterocycles. The molecule has 3 aromatic rings. The number of thiophene rings is 1. The van der Waals surface area contributed by atoms with Crippen LogP contribution in [0.2, 0.25) is 0 Å². The lowest BCUT2D eigenvalue weighted by Crippen LogP contribution is -2.22. The van der Waals surface area contributed by atoms with Crippen LogP contribution < -0.4 is 10.9 Å². The SMILES string of the molecule is CCc1n[nH]c(=O)c(CNc2nc(C)nc3scc(CC(C)C)c23)c1CC. The maximum atomic E-state index is 12.4. The average molecular weight is 386 g/mol. The molecule has 0 aliphatic rings. The molecule has 0 saturated carbocycles. The van der Waals surface area contributed by atoms with Crippen molar-refractivity contribution >= 4 is 27.4 Å². The van der Waals surface area contributed by atoms with Crippen LogP contribution in [0.4, 0.5) is 5.82 Å². The first-order valence-corrected chi connectivity index (χ1v) is 10.4. The molecule has 0 amide bonds. The molecule has 27 heavy (non-hydrogen) atoms. The minimum atomic E-state index is -0.133. The molecule has 0 aliphatic heterocycles. The van der Waals surface area contributed by atoms with Crippen LogP contribution in [0.1, 0.15) is 55.9 Å². The maximum Gasteiger partial charge on any atom is 0.269 e. The van der Waals surface area contributed by atoms with Gasteiger partial charge in [-0.2, -0.15) is 5.10 Å². The Morgan fingerprint density at radius 3 is 2.63 bits per heavy atom. The number of H-pyrrole nitrogens is 1. The molecule has 0 unspecified atom stereocenters. The Bertz CT molecular complexity index is 1010. The Hall–Kier alpha value is -2.28. The van der Waals surface area contributed by atoms with Gasteiger partial charge in [-0.1, -0.05) is 27.7 Å². The third kappa shape index (κ3) is 4.03. The first kappa shape index (κ1) is 19.5. The molecule has 0 aromatic carbocycles. The van der Waals surface area contributed by atoms with Crippen molar-refractivity contribution in [1.82, 2.24) is 20.2 Å². The highest BCUT2D eigenvalue weighted by molar-refractivity contribution is 7.17. The number of nitrogens with zero attached hydrogens (tertiary/aromatic N) is 3. The highest BCUT2D eigenvalue weighted by Gasteiger charge is 2.16. The lowest BCUT2D eigenvalue weighted by molar-refractivity contribution is 0.651. The van der Waals surface area contributed by atoms with Crippen LogP contribution in [-0.4, -0.2) is 20.2 Å². The van der Waals surface area contributed by atoms with Gasteiger partial charge in [0, 0.05) is 12.1 Å². The number of fused-ring (bicyclic) bond motifs is 1. The van der Waals surface area contributed by atoms with Gasteiger partial charge in [0.1, 0.15) is 16.5 Å². The number of hydrogen-bond acceptors (Lipinski definition) is 6. The minimum absolute atomic E-state index is 0.133. The van der Waals surface area contributed by atoms with Gasteiger partial charge in [0.25, 0.3) is 5.56 Å². The molecule has 0 radical (unpaired) electrons. The van der Waals surface area contributed by atoms with Crippen molar-refractivity contribution in [2.24, 2.45) is 5.92 Å². The highest BCUT2D eigenvalue weighted by Crippen LogP contribution is 2.32. The average Bonchev–Trinajstić information content (AvgIpc) is 3.01. The predicted octanol–water partition coefficient (Wildman–Crippen LogP) is 4.02. The lowest BCUT2D eigenvalue weighted by Gasteiger charge is -2.13. The normalized spacial score (nSPS) is 11.5. The number of aromatic amines is 1. The van der Waals surface area contributed by atoms with Crippen molar-refractivity contribution in [3.8, 4) is 0 Å². The summed E-state index contributed by atoms with van der Waals surface area (Å²) in [6, 6.07) is 0. The van der Waals surface area contributed by atoms with E-state index in [2.05, 4.69) is 58.6 Å². The summed E-state index contributed by atoms with van der Waals surface area (Å²) >= 11 is 1.65. The number of hydrogen-bond donors (Lipinski definition) is 2. The molecule has 0 fully saturated rings. The van der Waals surface area contributed by atoms with Gasteiger partial charge in [-0.25, -0.2) is 15.1 Å². The zero-order valence-corrected chi connectivity index (χ0v) is 17.5. The first-order chi connectivity index (χ1) is 12.9. The monoisotopic (exact) mass is 385 g/mol. The van der Waals surface area contributed by atoms with E-state index >= 15 is 0 Å². The van der Waals surface area contributed by atoms with Crippen molar-refractivity contribution in [2.45, 2.75) is 60.4 Å². The third-order valence-corrected chi connectivity index (χ3v) is 5.57. The van der Waals surface area contributed by atoms with E-state index in [1.54, 1.807) is 11.3 Å². The molecule has 0 spiro atoms. The lowest BCUT2D eigenvalue weighted by atomic mass is 10.0. The molecule has 144 valence electrons. The van der Waals surface area contributed by atoms with Crippen molar-refractivity contribution in [1.29, 1.82) is 0 Å². The van der Waals surface area contributed by atoms with E-state index < -0.39 is 0 Å². The van der Waals surface area contributed by atoms with Crippen LogP contribution in [0.25, 0.3) is 10.2 Å². The zero-order valence-electron chi connectivity index (χ0n) is 16.6. The molecule has 3 rings (SSSR count). The molecular formula is C20H27N5OS. The number of nitrogens with one attached hydrogen (secondary N) is 2. The molecule has 0 atom stereocenters. The first-order valence-electron chi connectivity index (χ1n) is 9.52. The molecule has 7 heteroatoms. The Labute approximate surface area is 163 Å². The fourth-order valence-corrected chi connectivity index (χ4v) is 4.46. The van der Waals surface area contributed by atoms with Crippen LogP contribution in [0.3, 0.4) is 0 Å². The third-order valence-electron chi connectivity index (χ3n) is 4.65. The van der Waals surface area contributed by atoms with Crippen molar-refractivity contribution in [3.05, 3.63) is 43.9 Å². The topological polar surface area (TPSA) is 83.6 Å². The maximum absolute atomic E-state index is 12.4. The second kappa shape index (κ2) is 8.17. The quantitative estimate of drug-likeness (QED) is 0.642. The fourth-order valence-electron chi connectivity index (χ4n) is 3.46. The molecule has 2 N–H and O–H groups in total. The summed E-state index contributed by atoms with van der Waals surface area (Å²) in [5.74, 6) is 2.10. The highest BCUT2D eigenvalue weighted by atomic mass is 32.1. The molecular weight excluding hydrogens is 358 g/mol. The minimum Gasteiger partial charge on any atom is -0.365 e. The van der Waals surface area contributed by atoms with Gasteiger partial charge in [-0.3, -0.25) is 4.79 Å².